The number of piperidine rings is 1. The Kier molecular flexibility index (Phi) is 4.11. The van der Waals surface area contributed by atoms with Crippen molar-refractivity contribution in [3.63, 3.8) is 0 Å². The van der Waals surface area contributed by atoms with Gasteiger partial charge in [-0.05, 0) is 24.8 Å². The molecule has 3 nitrogen and oxygen atoms in total. The predicted octanol–water partition coefficient (Wildman–Crippen LogP) is 2.79. The van der Waals surface area contributed by atoms with Gasteiger partial charge in [-0.25, -0.2) is 0 Å². The topological polar surface area (TPSA) is 23.6 Å². The van der Waals surface area contributed by atoms with Crippen LogP contribution in [0.25, 0.3) is 6.08 Å². The molecule has 1 aromatic carbocycles. The highest BCUT2D eigenvalue weighted by Gasteiger charge is 2.44. The van der Waals surface area contributed by atoms with Crippen LogP contribution >= 0.6 is 0 Å². The van der Waals surface area contributed by atoms with Crippen LogP contribution in [0.5, 0.6) is 0 Å². The maximum absolute atomic E-state index is 11.8. The highest BCUT2D eigenvalue weighted by molar-refractivity contribution is 5.79. The molecule has 2 heterocycles. The lowest BCUT2D eigenvalue weighted by atomic mass is 9.85. The summed E-state index contributed by atoms with van der Waals surface area (Å²) in [5.41, 5.74) is 1.42. The van der Waals surface area contributed by atoms with E-state index in [0.29, 0.717) is 5.91 Å². The fraction of sp³-hybridized carbons (Fsp3) is 0.500. The smallest absolute Gasteiger partial charge is 0.222 e. The summed E-state index contributed by atoms with van der Waals surface area (Å²) in [4.78, 5) is 16.3. The zero-order valence-corrected chi connectivity index (χ0v) is 12.8. The normalized spacial score (nSPS) is 22.5. The van der Waals surface area contributed by atoms with E-state index in [0.717, 1.165) is 45.3 Å². The molecule has 0 N–H and O–H groups in total. The Balaban J connectivity index is 1.50. The summed E-state index contributed by atoms with van der Waals surface area (Å²) in [6, 6.07) is 10.4. The molecule has 1 amide bonds. The lowest BCUT2D eigenvalue weighted by Crippen LogP contribution is -2.51. The molecule has 2 fully saturated rings. The molecule has 0 aliphatic carbocycles. The Morgan fingerprint density at radius 3 is 2.48 bits per heavy atom. The molecule has 1 aromatic rings. The fourth-order valence-corrected chi connectivity index (χ4v) is 3.58. The van der Waals surface area contributed by atoms with Gasteiger partial charge in [0, 0.05) is 38.6 Å². The van der Waals surface area contributed by atoms with Crippen LogP contribution < -0.4 is 0 Å². The summed E-state index contributed by atoms with van der Waals surface area (Å²) in [5, 5.41) is 0. The summed E-state index contributed by atoms with van der Waals surface area (Å²) in [6.45, 7) is 3.19. The van der Waals surface area contributed by atoms with E-state index >= 15 is 0 Å². The minimum absolute atomic E-state index is 0.163. The molecule has 0 saturated carbocycles. The predicted molar refractivity (Wildman–Crippen MR) is 85.9 cm³/mol. The van der Waals surface area contributed by atoms with Gasteiger partial charge in [-0.1, -0.05) is 42.5 Å². The van der Waals surface area contributed by atoms with Gasteiger partial charge in [0.05, 0.1) is 0 Å². The van der Waals surface area contributed by atoms with Crippen molar-refractivity contribution in [2.75, 3.05) is 26.7 Å². The van der Waals surface area contributed by atoms with Crippen molar-refractivity contribution in [2.45, 2.75) is 31.2 Å². The van der Waals surface area contributed by atoms with Crippen molar-refractivity contribution in [3.05, 3.63) is 42.0 Å². The van der Waals surface area contributed by atoms with Gasteiger partial charge in [-0.2, -0.15) is 0 Å². The SMILES string of the molecule is CN1C(=O)CCC12CCN(C/C=C/c1ccccc1)CC2. The van der Waals surface area contributed by atoms with Crippen molar-refractivity contribution in [1.29, 1.82) is 0 Å². The first-order valence-corrected chi connectivity index (χ1v) is 7.90. The van der Waals surface area contributed by atoms with Crippen molar-refractivity contribution < 1.29 is 4.79 Å². The Morgan fingerprint density at radius 2 is 1.86 bits per heavy atom. The third kappa shape index (κ3) is 3.03. The number of nitrogens with zero attached hydrogens (tertiary/aromatic N) is 2. The number of rotatable bonds is 3. The second kappa shape index (κ2) is 6.02. The molecule has 2 aliphatic rings. The number of carbonyl (C=O) groups is 1. The van der Waals surface area contributed by atoms with Crippen molar-refractivity contribution >= 4 is 12.0 Å². The highest BCUT2D eigenvalue weighted by Crippen LogP contribution is 2.37. The van der Waals surface area contributed by atoms with E-state index in [4.69, 9.17) is 0 Å². The van der Waals surface area contributed by atoms with E-state index < -0.39 is 0 Å². The Bertz CT molecular complexity index is 515. The molecular formula is C18H24N2O. The monoisotopic (exact) mass is 284 g/mol. The quantitative estimate of drug-likeness (QED) is 0.852. The summed E-state index contributed by atoms with van der Waals surface area (Å²) in [7, 11) is 1.99. The van der Waals surface area contributed by atoms with E-state index in [2.05, 4.69) is 41.3 Å². The summed E-state index contributed by atoms with van der Waals surface area (Å²) < 4.78 is 0. The van der Waals surface area contributed by atoms with E-state index in [-0.39, 0.29) is 5.54 Å². The molecule has 0 bridgehead atoms. The molecule has 1 spiro atoms. The highest BCUT2D eigenvalue weighted by atomic mass is 16.2. The molecule has 2 saturated heterocycles. The van der Waals surface area contributed by atoms with Gasteiger partial charge in [0.2, 0.25) is 5.91 Å². The standard InChI is InChI=1S/C18H24N2O/c1-19-17(21)9-10-18(19)11-14-20(15-12-18)13-5-8-16-6-3-2-4-7-16/h2-8H,9-15H2,1H3/b8-5+. The molecule has 2 aliphatic heterocycles. The lowest BCUT2D eigenvalue weighted by Gasteiger charge is -2.43. The second-order valence-corrected chi connectivity index (χ2v) is 6.29. The maximum Gasteiger partial charge on any atom is 0.222 e. The largest absolute Gasteiger partial charge is 0.340 e. The summed E-state index contributed by atoms with van der Waals surface area (Å²) in [6.07, 6.45) is 8.47. The molecular weight excluding hydrogens is 260 g/mol. The first kappa shape index (κ1) is 14.3. The van der Waals surface area contributed by atoms with Gasteiger partial charge < -0.3 is 4.90 Å². The van der Waals surface area contributed by atoms with Crippen LogP contribution in [0.4, 0.5) is 0 Å². The average Bonchev–Trinajstić information content (AvgIpc) is 2.79. The molecule has 112 valence electrons. The van der Waals surface area contributed by atoms with E-state index in [1.807, 2.05) is 18.0 Å². The average molecular weight is 284 g/mol. The van der Waals surface area contributed by atoms with Crippen LogP contribution in [0.2, 0.25) is 0 Å². The van der Waals surface area contributed by atoms with Gasteiger partial charge in [0.1, 0.15) is 0 Å². The Labute approximate surface area is 127 Å². The van der Waals surface area contributed by atoms with Crippen LogP contribution in [-0.4, -0.2) is 47.9 Å². The second-order valence-electron chi connectivity index (χ2n) is 6.29. The number of carbonyl (C=O) groups excluding carboxylic acids is 1. The van der Waals surface area contributed by atoms with Gasteiger partial charge in [-0.15, -0.1) is 0 Å². The Morgan fingerprint density at radius 1 is 1.14 bits per heavy atom. The number of amides is 1. The zero-order chi connectivity index (χ0) is 14.7. The first-order valence-electron chi connectivity index (χ1n) is 7.90. The summed E-state index contributed by atoms with van der Waals surface area (Å²) >= 11 is 0. The van der Waals surface area contributed by atoms with Crippen LogP contribution in [0.3, 0.4) is 0 Å². The van der Waals surface area contributed by atoms with E-state index in [9.17, 15) is 4.79 Å². The van der Waals surface area contributed by atoms with Gasteiger partial charge >= 0.3 is 0 Å². The molecule has 0 radical (unpaired) electrons. The fourth-order valence-electron chi connectivity index (χ4n) is 3.58. The van der Waals surface area contributed by atoms with E-state index in [1.165, 1.54) is 5.56 Å². The Hall–Kier alpha value is -1.61. The maximum atomic E-state index is 11.8. The molecule has 0 atom stereocenters. The zero-order valence-electron chi connectivity index (χ0n) is 12.8. The number of hydrogen-bond acceptors (Lipinski definition) is 2. The van der Waals surface area contributed by atoms with Crippen molar-refractivity contribution in [1.82, 2.24) is 9.80 Å². The van der Waals surface area contributed by atoms with Gasteiger partial charge in [-0.3, -0.25) is 9.69 Å². The molecule has 0 unspecified atom stereocenters. The van der Waals surface area contributed by atoms with Crippen molar-refractivity contribution in [3.8, 4) is 0 Å². The molecule has 21 heavy (non-hydrogen) atoms. The van der Waals surface area contributed by atoms with Crippen LogP contribution in [0, 0.1) is 0 Å². The minimum atomic E-state index is 0.163. The minimum Gasteiger partial charge on any atom is -0.340 e. The van der Waals surface area contributed by atoms with Crippen molar-refractivity contribution in [2.24, 2.45) is 0 Å². The summed E-state index contributed by atoms with van der Waals surface area (Å²) in [5.74, 6) is 0.326. The van der Waals surface area contributed by atoms with Crippen LogP contribution in [0.15, 0.2) is 36.4 Å². The number of likely N-dealkylation sites (tertiary alicyclic amines) is 2. The molecule has 0 aromatic heterocycles. The lowest BCUT2D eigenvalue weighted by molar-refractivity contribution is -0.130. The first-order chi connectivity index (χ1) is 10.2. The van der Waals surface area contributed by atoms with E-state index in [1.54, 1.807) is 0 Å². The number of hydrogen-bond donors (Lipinski definition) is 0. The molecule has 3 heteroatoms. The van der Waals surface area contributed by atoms with Gasteiger partial charge in [0.25, 0.3) is 0 Å². The third-order valence-electron chi connectivity index (χ3n) is 5.15. The van der Waals surface area contributed by atoms with Gasteiger partial charge in [0.15, 0.2) is 0 Å². The number of benzene rings is 1. The third-order valence-corrected chi connectivity index (χ3v) is 5.15. The van der Waals surface area contributed by atoms with Crippen LogP contribution in [-0.2, 0) is 4.79 Å². The molecule has 3 rings (SSSR count). The van der Waals surface area contributed by atoms with Crippen LogP contribution in [0.1, 0.15) is 31.2 Å².